The fourth-order valence-electron chi connectivity index (χ4n) is 2.97. The second kappa shape index (κ2) is 7.53. The van der Waals surface area contributed by atoms with Crippen LogP contribution in [0.15, 0.2) is 83.0 Å². The Kier molecular flexibility index (Phi) is 4.93. The first-order valence-corrected chi connectivity index (χ1v) is 9.64. The number of para-hydroxylation sites is 1. The fourth-order valence-corrected chi connectivity index (χ4v) is 3.51. The molecule has 7 heteroatoms. The molecule has 0 bridgehead atoms. The Morgan fingerprint density at radius 3 is 2.32 bits per heavy atom. The van der Waals surface area contributed by atoms with Gasteiger partial charge in [0.1, 0.15) is 5.57 Å². The van der Waals surface area contributed by atoms with Crippen molar-refractivity contribution in [3.8, 4) is 5.69 Å². The number of rotatable bonds is 3. The molecule has 2 heterocycles. The van der Waals surface area contributed by atoms with Gasteiger partial charge in [0.2, 0.25) is 0 Å². The van der Waals surface area contributed by atoms with Crippen molar-refractivity contribution < 1.29 is 9.59 Å². The van der Waals surface area contributed by atoms with Gasteiger partial charge < -0.3 is 4.57 Å². The molecule has 0 aliphatic carbocycles. The van der Waals surface area contributed by atoms with Crippen molar-refractivity contribution in [3.05, 3.63) is 88.7 Å². The first-order chi connectivity index (χ1) is 13.5. The molecule has 1 fully saturated rings. The standard InChI is InChI=1S/C21H14BrN3O2S/c22-14-8-10-15(11-9-14)24-12-4-7-17(24)13-18-19(26)23-21(28)25(20(18)27)16-5-2-1-3-6-16/h1-13H,(H,23,26,28)/b18-13+. The predicted octanol–water partition coefficient (Wildman–Crippen LogP) is 4.07. The Bertz CT molecular complexity index is 1100. The van der Waals surface area contributed by atoms with Gasteiger partial charge in [-0.3, -0.25) is 19.8 Å². The summed E-state index contributed by atoms with van der Waals surface area (Å²) in [5.41, 5.74) is 2.25. The molecule has 4 rings (SSSR count). The molecule has 1 N–H and O–H groups in total. The number of carbonyl (C=O) groups is 2. The maximum atomic E-state index is 13.1. The molecule has 1 aromatic heterocycles. The van der Waals surface area contributed by atoms with Crippen LogP contribution in [0.1, 0.15) is 5.69 Å². The van der Waals surface area contributed by atoms with E-state index in [1.165, 1.54) is 4.90 Å². The van der Waals surface area contributed by atoms with Crippen LogP contribution in [0, 0.1) is 0 Å². The highest BCUT2D eigenvalue weighted by molar-refractivity contribution is 9.10. The molecule has 138 valence electrons. The average Bonchev–Trinajstić information content (AvgIpc) is 3.15. The molecular formula is C21H14BrN3O2S. The number of benzene rings is 2. The lowest BCUT2D eigenvalue weighted by Crippen LogP contribution is -2.54. The molecule has 5 nitrogen and oxygen atoms in total. The number of nitrogens with zero attached hydrogens (tertiary/aromatic N) is 2. The van der Waals surface area contributed by atoms with E-state index in [1.807, 2.05) is 65.4 Å². The van der Waals surface area contributed by atoms with E-state index in [4.69, 9.17) is 12.2 Å². The second-order valence-electron chi connectivity index (χ2n) is 6.07. The second-order valence-corrected chi connectivity index (χ2v) is 7.38. The minimum Gasteiger partial charge on any atom is -0.317 e. The number of carbonyl (C=O) groups excluding carboxylic acids is 2. The maximum Gasteiger partial charge on any atom is 0.270 e. The first kappa shape index (κ1) is 18.3. The van der Waals surface area contributed by atoms with Crippen molar-refractivity contribution in [2.45, 2.75) is 0 Å². The Labute approximate surface area is 175 Å². The van der Waals surface area contributed by atoms with Crippen LogP contribution in [-0.2, 0) is 9.59 Å². The van der Waals surface area contributed by atoms with Crippen LogP contribution in [0.2, 0.25) is 0 Å². The monoisotopic (exact) mass is 451 g/mol. The van der Waals surface area contributed by atoms with Crippen LogP contribution in [0.3, 0.4) is 0 Å². The van der Waals surface area contributed by atoms with Crippen LogP contribution in [0.5, 0.6) is 0 Å². The normalized spacial score (nSPS) is 15.8. The van der Waals surface area contributed by atoms with Crippen LogP contribution < -0.4 is 10.2 Å². The van der Waals surface area contributed by atoms with Gasteiger partial charge in [-0.2, -0.15) is 0 Å². The largest absolute Gasteiger partial charge is 0.317 e. The molecule has 0 atom stereocenters. The van der Waals surface area contributed by atoms with Crippen molar-refractivity contribution in [1.82, 2.24) is 9.88 Å². The SMILES string of the molecule is O=C1NC(=S)N(c2ccccc2)C(=O)/C1=C/c1cccn1-c1ccc(Br)cc1. The number of amides is 2. The smallest absolute Gasteiger partial charge is 0.270 e. The summed E-state index contributed by atoms with van der Waals surface area (Å²) in [7, 11) is 0. The van der Waals surface area contributed by atoms with E-state index in [1.54, 1.807) is 18.2 Å². The summed E-state index contributed by atoms with van der Waals surface area (Å²) in [6, 6.07) is 20.5. The minimum absolute atomic E-state index is 0.0227. The summed E-state index contributed by atoms with van der Waals surface area (Å²) in [4.78, 5) is 26.9. The highest BCUT2D eigenvalue weighted by Crippen LogP contribution is 2.23. The molecule has 1 aliphatic heterocycles. The molecule has 0 saturated carbocycles. The Hall–Kier alpha value is -3.03. The number of halogens is 1. The Morgan fingerprint density at radius 2 is 1.61 bits per heavy atom. The number of thiocarbonyl (C=S) groups is 1. The Balaban J connectivity index is 1.74. The first-order valence-electron chi connectivity index (χ1n) is 8.44. The van der Waals surface area contributed by atoms with Crippen molar-refractivity contribution in [2.24, 2.45) is 0 Å². The molecule has 0 spiro atoms. The fraction of sp³-hybridized carbons (Fsp3) is 0. The number of nitrogens with one attached hydrogen (secondary N) is 1. The van der Waals surface area contributed by atoms with Crippen molar-refractivity contribution in [3.63, 3.8) is 0 Å². The molecule has 3 aromatic rings. The lowest BCUT2D eigenvalue weighted by atomic mass is 10.1. The van der Waals surface area contributed by atoms with E-state index in [0.29, 0.717) is 11.4 Å². The third kappa shape index (κ3) is 3.42. The van der Waals surface area contributed by atoms with E-state index in [-0.39, 0.29) is 10.7 Å². The van der Waals surface area contributed by atoms with Gasteiger partial charge in [0.25, 0.3) is 11.8 Å². The zero-order valence-corrected chi connectivity index (χ0v) is 16.9. The van der Waals surface area contributed by atoms with Gasteiger partial charge in [0.15, 0.2) is 5.11 Å². The van der Waals surface area contributed by atoms with Crippen molar-refractivity contribution in [2.75, 3.05) is 4.90 Å². The minimum atomic E-state index is -0.509. The number of hydrogen-bond donors (Lipinski definition) is 1. The summed E-state index contributed by atoms with van der Waals surface area (Å²) >= 11 is 8.64. The highest BCUT2D eigenvalue weighted by atomic mass is 79.9. The molecule has 28 heavy (non-hydrogen) atoms. The molecule has 0 radical (unpaired) electrons. The van der Waals surface area contributed by atoms with E-state index >= 15 is 0 Å². The zero-order chi connectivity index (χ0) is 19.7. The summed E-state index contributed by atoms with van der Waals surface area (Å²) in [5, 5.41) is 2.67. The molecule has 1 saturated heterocycles. The summed E-state index contributed by atoms with van der Waals surface area (Å²) in [5.74, 6) is -0.964. The third-order valence-electron chi connectivity index (χ3n) is 4.29. The van der Waals surface area contributed by atoms with E-state index in [0.717, 1.165) is 10.2 Å². The van der Waals surface area contributed by atoms with Gasteiger partial charge in [0, 0.05) is 22.1 Å². The lowest BCUT2D eigenvalue weighted by molar-refractivity contribution is -0.122. The number of anilines is 1. The van der Waals surface area contributed by atoms with Crippen LogP contribution >= 0.6 is 28.1 Å². The van der Waals surface area contributed by atoms with E-state index in [9.17, 15) is 9.59 Å². The van der Waals surface area contributed by atoms with Crippen LogP contribution in [-0.4, -0.2) is 21.5 Å². The number of aromatic nitrogens is 1. The molecule has 1 aliphatic rings. The van der Waals surface area contributed by atoms with Gasteiger partial charge >= 0.3 is 0 Å². The predicted molar refractivity (Wildman–Crippen MR) is 116 cm³/mol. The number of hydrogen-bond acceptors (Lipinski definition) is 3. The van der Waals surface area contributed by atoms with Gasteiger partial charge in [-0.25, -0.2) is 0 Å². The van der Waals surface area contributed by atoms with Crippen LogP contribution in [0.25, 0.3) is 11.8 Å². The van der Waals surface area contributed by atoms with Gasteiger partial charge in [-0.05, 0) is 66.8 Å². The quantitative estimate of drug-likeness (QED) is 0.371. The molecule has 2 amide bonds. The highest BCUT2D eigenvalue weighted by Gasteiger charge is 2.34. The average molecular weight is 452 g/mol. The van der Waals surface area contributed by atoms with Crippen molar-refractivity contribution >= 4 is 56.8 Å². The molecule has 0 unspecified atom stereocenters. The van der Waals surface area contributed by atoms with Gasteiger partial charge in [0.05, 0.1) is 5.69 Å². The van der Waals surface area contributed by atoms with Crippen molar-refractivity contribution in [1.29, 1.82) is 0 Å². The summed E-state index contributed by atoms with van der Waals surface area (Å²) < 4.78 is 2.87. The third-order valence-corrected chi connectivity index (χ3v) is 5.11. The summed E-state index contributed by atoms with van der Waals surface area (Å²) in [6.07, 6.45) is 3.46. The zero-order valence-electron chi connectivity index (χ0n) is 14.5. The maximum absolute atomic E-state index is 13.1. The molecule has 2 aromatic carbocycles. The van der Waals surface area contributed by atoms with Crippen LogP contribution in [0.4, 0.5) is 5.69 Å². The summed E-state index contributed by atoms with van der Waals surface area (Å²) in [6.45, 7) is 0. The van der Waals surface area contributed by atoms with Gasteiger partial charge in [-0.1, -0.05) is 34.1 Å². The lowest BCUT2D eigenvalue weighted by Gasteiger charge is -2.28. The topological polar surface area (TPSA) is 54.3 Å². The van der Waals surface area contributed by atoms with E-state index in [2.05, 4.69) is 21.2 Å². The molecular weight excluding hydrogens is 438 g/mol. The van der Waals surface area contributed by atoms with E-state index < -0.39 is 11.8 Å². The Morgan fingerprint density at radius 1 is 0.893 bits per heavy atom. The van der Waals surface area contributed by atoms with Gasteiger partial charge in [-0.15, -0.1) is 0 Å².